The smallest absolute Gasteiger partial charge is 0.169 e. The number of Topliss-reactive ketones (excluding diaryl/α,β-unsaturated/α-hetero) is 1. The molecule has 0 amide bonds. The largest absolute Gasteiger partial charge is 0.361 e. The van der Waals surface area contributed by atoms with Crippen LogP contribution in [0.15, 0.2) is 36.0 Å². The van der Waals surface area contributed by atoms with Gasteiger partial charge in [-0.3, -0.25) is 9.59 Å². The number of aromatic nitrogens is 1. The summed E-state index contributed by atoms with van der Waals surface area (Å²) in [6, 6.07) is 4.40. The molecule has 2 aromatic rings. The number of aromatic amines is 1. The lowest BCUT2D eigenvalue weighted by Gasteiger charge is -2.30. The lowest BCUT2D eigenvalue weighted by atomic mass is 9.69. The minimum absolute atomic E-state index is 0.0737. The van der Waals surface area contributed by atoms with Crippen molar-refractivity contribution in [2.24, 2.45) is 0 Å². The van der Waals surface area contributed by atoms with Gasteiger partial charge in [-0.1, -0.05) is 0 Å². The van der Waals surface area contributed by atoms with Crippen molar-refractivity contribution < 1.29 is 14.0 Å². The van der Waals surface area contributed by atoms with Gasteiger partial charge < -0.3 is 4.98 Å². The molecule has 1 heterocycles. The van der Waals surface area contributed by atoms with E-state index in [0.717, 1.165) is 5.52 Å². The van der Waals surface area contributed by atoms with E-state index in [2.05, 4.69) is 4.98 Å². The first-order valence-corrected chi connectivity index (χ1v) is 6.45. The molecule has 1 unspecified atom stereocenters. The van der Waals surface area contributed by atoms with Crippen LogP contribution in [0.4, 0.5) is 4.39 Å². The molecule has 0 fully saturated rings. The maximum absolute atomic E-state index is 13.5. The van der Waals surface area contributed by atoms with Gasteiger partial charge in [0.2, 0.25) is 0 Å². The molecule has 0 saturated carbocycles. The highest BCUT2D eigenvalue weighted by Crippen LogP contribution is 2.38. The van der Waals surface area contributed by atoms with Crippen LogP contribution in [0.3, 0.4) is 0 Å². The Morgan fingerprint density at radius 2 is 2.05 bits per heavy atom. The van der Waals surface area contributed by atoms with Gasteiger partial charge in [0.15, 0.2) is 11.6 Å². The first-order valence-electron chi connectivity index (χ1n) is 6.45. The predicted octanol–water partition coefficient (Wildman–Crippen LogP) is 3.05. The SMILES string of the molecule is CC1=CC(=O)CC(C)(c2c[nH]c3ccc(F)cc23)C1=O. The van der Waals surface area contributed by atoms with Gasteiger partial charge in [-0.15, -0.1) is 0 Å². The summed E-state index contributed by atoms with van der Waals surface area (Å²) in [4.78, 5) is 27.3. The molecule has 0 radical (unpaired) electrons. The second-order valence-corrected chi connectivity index (χ2v) is 5.52. The molecular formula is C16H14FNO2. The van der Waals surface area contributed by atoms with Crippen LogP contribution in [0.25, 0.3) is 10.9 Å². The van der Waals surface area contributed by atoms with Gasteiger partial charge in [-0.05, 0) is 49.3 Å². The Morgan fingerprint density at radius 3 is 2.80 bits per heavy atom. The summed E-state index contributed by atoms with van der Waals surface area (Å²) in [6.45, 7) is 3.39. The molecule has 3 nitrogen and oxygen atoms in total. The molecule has 102 valence electrons. The van der Waals surface area contributed by atoms with Crippen LogP contribution in [0, 0.1) is 5.82 Å². The van der Waals surface area contributed by atoms with Gasteiger partial charge >= 0.3 is 0 Å². The zero-order chi connectivity index (χ0) is 14.5. The monoisotopic (exact) mass is 271 g/mol. The Morgan fingerprint density at radius 1 is 1.30 bits per heavy atom. The summed E-state index contributed by atoms with van der Waals surface area (Å²) < 4.78 is 13.5. The first kappa shape index (κ1) is 12.8. The first-order chi connectivity index (χ1) is 9.41. The summed E-state index contributed by atoms with van der Waals surface area (Å²) in [5.74, 6) is -0.513. The standard InChI is InChI=1S/C16H14FNO2/c1-9-5-11(19)7-16(2,15(9)20)13-8-18-14-4-3-10(17)6-12(13)14/h3-6,8,18H,7H2,1-2H3. The third-order valence-corrected chi connectivity index (χ3v) is 4.00. The molecule has 1 N–H and O–H groups in total. The Kier molecular flexibility index (Phi) is 2.64. The average molecular weight is 271 g/mol. The van der Waals surface area contributed by atoms with Crippen molar-refractivity contribution in [2.45, 2.75) is 25.7 Å². The molecule has 1 aromatic carbocycles. The number of halogens is 1. The number of benzene rings is 1. The Labute approximate surface area is 115 Å². The zero-order valence-electron chi connectivity index (χ0n) is 11.3. The van der Waals surface area contributed by atoms with E-state index in [0.29, 0.717) is 16.5 Å². The lowest BCUT2D eigenvalue weighted by Crippen LogP contribution is -2.38. The molecule has 4 heteroatoms. The molecule has 0 saturated heterocycles. The van der Waals surface area contributed by atoms with Crippen LogP contribution < -0.4 is 0 Å². The van der Waals surface area contributed by atoms with E-state index < -0.39 is 5.41 Å². The molecule has 1 aromatic heterocycles. The number of allylic oxidation sites excluding steroid dienone is 2. The molecule has 1 aliphatic carbocycles. The van der Waals surface area contributed by atoms with E-state index >= 15 is 0 Å². The van der Waals surface area contributed by atoms with Crippen molar-refractivity contribution >= 4 is 22.5 Å². The molecule has 0 spiro atoms. The molecule has 0 bridgehead atoms. The number of hydrogen-bond donors (Lipinski definition) is 1. The zero-order valence-corrected chi connectivity index (χ0v) is 11.3. The Bertz CT molecular complexity index is 772. The van der Waals surface area contributed by atoms with Crippen LogP contribution in [-0.2, 0) is 15.0 Å². The van der Waals surface area contributed by atoms with E-state index in [1.807, 2.05) is 0 Å². The van der Waals surface area contributed by atoms with Crippen molar-refractivity contribution in [2.75, 3.05) is 0 Å². The fourth-order valence-corrected chi connectivity index (χ4v) is 2.99. The number of ketones is 2. The van der Waals surface area contributed by atoms with E-state index in [4.69, 9.17) is 0 Å². The highest BCUT2D eigenvalue weighted by molar-refractivity contribution is 6.15. The number of rotatable bonds is 1. The number of hydrogen-bond acceptors (Lipinski definition) is 2. The maximum Gasteiger partial charge on any atom is 0.169 e. The minimum atomic E-state index is -0.929. The van der Waals surface area contributed by atoms with Crippen LogP contribution in [-0.4, -0.2) is 16.6 Å². The summed E-state index contributed by atoms with van der Waals surface area (Å²) in [5, 5.41) is 0.656. The third-order valence-electron chi connectivity index (χ3n) is 4.00. The minimum Gasteiger partial charge on any atom is -0.361 e. The molecule has 1 atom stereocenters. The predicted molar refractivity (Wildman–Crippen MR) is 74.0 cm³/mol. The van der Waals surface area contributed by atoms with Crippen molar-refractivity contribution in [3.8, 4) is 0 Å². The second-order valence-electron chi connectivity index (χ2n) is 5.52. The Balaban J connectivity index is 2.24. The van der Waals surface area contributed by atoms with E-state index in [1.54, 1.807) is 26.1 Å². The van der Waals surface area contributed by atoms with E-state index in [9.17, 15) is 14.0 Å². The van der Waals surface area contributed by atoms with Crippen molar-refractivity contribution in [1.82, 2.24) is 4.98 Å². The summed E-state index contributed by atoms with van der Waals surface area (Å²) >= 11 is 0. The van der Waals surface area contributed by atoms with Crippen molar-refractivity contribution in [3.63, 3.8) is 0 Å². The van der Waals surface area contributed by atoms with Crippen LogP contribution in [0.1, 0.15) is 25.8 Å². The van der Waals surface area contributed by atoms with Crippen molar-refractivity contribution in [3.05, 3.63) is 47.4 Å². The van der Waals surface area contributed by atoms with Gasteiger partial charge in [0.1, 0.15) is 5.82 Å². The third kappa shape index (κ3) is 1.72. The quantitative estimate of drug-likeness (QED) is 0.866. The average Bonchev–Trinajstić information content (AvgIpc) is 2.79. The van der Waals surface area contributed by atoms with Gasteiger partial charge in [-0.2, -0.15) is 0 Å². The number of H-pyrrole nitrogens is 1. The molecule has 1 aliphatic rings. The number of carbonyl (C=O) groups excluding carboxylic acids is 2. The van der Waals surface area contributed by atoms with Crippen LogP contribution >= 0.6 is 0 Å². The summed E-state index contributed by atoms with van der Waals surface area (Å²) in [7, 11) is 0. The van der Waals surface area contributed by atoms with E-state index in [-0.39, 0.29) is 23.8 Å². The maximum atomic E-state index is 13.5. The number of carbonyl (C=O) groups is 2. The van der Waals surface area contributed by atoms with Gasteiger partial charge in [0, 0.05) is 23.5 Å². The molecule has 20 heavy (non-hydrogen) atoms. The topological polar surface area (TPSA) is 49.9 Å². The highest BCUT2D eigenvalue weighted by Gasteiger charge is 2.41. The van der Waals surface area contributed by atoms with Gasteiger partial charge in [0.25, 0.3) is 0 Å². The molecular weight excluding hydrogens is 257 g/mol. The van der Waals surface area contributed by atoms with E-state index in [1.165, 1.54) is 18.2 Å². The van der Waals surface area contributed by atoms with Crippen LogP contribution in [0.5, 0.6) is 0 Å². The fraction of sp³-hybridized carbons (Fsp3) is 0.250. The number of fused-ring (bicyclic) bond motifs is 1. The van der Waals surface area contributed by atoms with Gasteiger partial charge in [0.05, 0.1) is 5.41 Å². The summed E-state index contributed by atoms with van der Waals surface area (Å²) in [5.41, 5.74) is 0.962. The van der Waals surface area contributed by atoms with Crippen molar-refractivity contribution in [1.29, 1.82) is 0 Å². The second kappa shape index (κ2) is 4.13. The molecule has 3 rings (SSSR count). The Hall–Kier alpha value is -2.23. The lowest BCUT2D eigenvalue weighted by molar-refractivity contribution is -0.126. The van der Waals surface area contributed by atoms with Gasteiger partial charge in [-0.25, -0.2) is 4.39 Å². The fourth-order valence-electron chi connectivity index (χ4n) is 2.99. The normalized spacial score (nSPS) is 23.2. The van der Waals surface area contributed by atoms with Crippen LogP contribution in [0.2, 0.25) is 0 Å². The number of nitrogens with one attached hydrogen (secondary N) is 1. The summed E-state index contributed by atoms with van der Waals surface area (Å²) in [6.07, 6.45) is 3.21. The molecule has 0 aliphatic heterocycles. The highest BCUT2D eigenvalue weighted by atomic mass is 19.1.